The summed E-state index contributed by atoms with van der Waals surface area (Å²) in [5.74, 6) is -0.267. The number of sulfonamides is 1. The van der Waals surface area contributed by atoms with Gasteiger partial charge in [0.25, 0.3) is 5.91 Å². The molecule has 1 N–H and O–H groups in total. The van der Waals surface area contributed by atoms with Crippen LogP contribution in [0.15, 0.2) is 47.4 Å². The molecule has 8 heteroatoms. The molecule has 1 fully saturated rings. The van der Waals surface area contributed by atoms with Crippen molar-refractivity contribution in [2.24, 2.45) is 0 Å². The largest absolute Gasteiger partial charge is 0.322 e. The smallest absolute Gasteiger partial charge is 0.256 e. The van der Waals surface area contributed by atoms with Crippen LogP contribution in [0.4, 0.5) is 5.69 Å². The van der Waals surface area contributed by atoms with Crippen molar-refractivity contribution in [2.45, 2.75) is 17.7 Å². The predicted octanol–water partition coefficient (Wildman–Crippen LogP) is 3.98. The molecule has 0 radical (unpaired) electrons. The van der Waals surface area contributed by atoms with Gasteiger partial charge in [-0.15, -0.1) is 0 Å². The van der Waals surface area contributed by atoms with Crippen molar-refractivity contribution in [3.8, 4) is 0 Å². The highest BCUT2D eigenvalue weighted by atomic mass is 127. The quantitative estimate of drug-likeness (QED) is 0.659. The van der Waals surface area contributed by atoms with E-state index in [9.17, 15) is 13.2 Å². The second kappa shape index (κ2) is 7.61. The number of amides is 1. The molecule has 25 heavy (non-hydrogen) atoms. The summed E-state index contributed by atoms with van der Waals surface area (Å²) < 4.78 is 27.2. The highest BCUT2D eigenvalue weighted by Crippen LogP contribution is 2.23. The standard InChI is InChI=1S/C17H16ClIN2O3S/c18-12-3-8-15(16(19)11-12)17(22)20-13-4-6-14(7-5-13)25(23,24)21-9-1-2-10-21/h3-8,11H,1-2,9-10H2,(H,20,22). The van der Waals surface area contributed by atoms with E-state index in [4.69, 9.17) is 11.6 Å². The Labute approximate surface area is 165 Å². The molecule has 1 heterocycles. The van der Waals surface area contributed by atoms with E-state index in [1.54, 1.807) is 30.3 Å². The van der Waals surface area contributed by atoms with Crippen molar-refractivity contribution in [1.29, 1.82) is 0 Å². The number of benzene rings is 2. The van der Waals surface area contributed by atoms with E-state index in [1.165, 1.54) is 16.4 Å². The summed E-state index contributed by atoms with van der Waals surface area (Å²) in [7, 11) is -3.44. The molecular formula is C17H16ClIN2O3S. The Morgan fingerprint density at radius 2 is 1.72 bits per heavy atom. The maximum absolute atomic E-state index is 12.5. The van der Waals surface area contributed by atoms with Gasteiger partial charge in [-0.3, -0.25) is 4.79 Å². The summed E-state index contributed by atoms with van der Waals surface area (Å²) >= 11 is 7.95. The second-order valence-corrected chi connectivity index (χ2v) is 9.25. The Morgan fingerprint density at radius 3 is 2.32 bits per heavy atom. The third-order valence-electron chi connectivity index (χ3n) is 3.99. The van der Waals surface area contributed by atoms with Gasteiger partial charge in [-0.1, -0.05) is 11.6 Å². The number of nitrogens with one attached hydrogen (secondary N) is 1. The van der Waals surface area contributed by atoms with Gasteiger partial charge in [0.1, 0.15) is 0 Å². The first-order chi connectivity index (χ1) is 11.9. The van der Waals surface area contributed by atoms with Crippen LogP contribution in [0, 0.1) is 3.57 Å². The number of carbonyl (C=O) groups is 1. The van der Waals surface area contributed by atoms with Crippen molar-refractivity contribution >= 4 is 55.8 Å². The lowest BCUT2D eigenvalue weighted by molar-refractivity contribution is 0.102. The van der Waals surface area contributed by atoms with Crippen molar-refractivity contribution in [3.05, 3.63) is 56.6 Å². The molecule has 0 saturated carbocycles. The molecule has 5 nitrogen and oxygen atoms in total. The van der Waals surface area contributed by atoms with Gasteiger partial charge in [0.2, 0.25) is 10.0 Å². The second-order valence-electron chi connectivity index (χ2n) is 5.71. The molecule has 0 aliphatic carbocycles. The Morgan fingerprint density at radius 1 is 1.08 bits per heavy atom. The lowest BCUT2D eigenvalue weighted by Crippen LogP contribution is -2.27. The number of hydrogen-bond donors (Lipinski definition) is 1. The van der Waals surface area contributed by atoms with Gasteiger partial charge < -0.3 is 5.32 Å². The first kappa shape index (κ1) is 18.6. The number of nitrogens with zero attached hydrogens (tertiary/aromatic N) is 1. The fraction of sp³-hybridized carbons (Fsp3) is 0.235. The van der Waals surface area contributed by atoms with Gasteiger partial charge in [-0.2, -0.15) is 4.31 Å². The zero-order chi connectivity index (χ0) is 18.0. The Kier molecular flexibility index (Phi) is 5.67. The van der Waals surface area contributed by atoms with E-state index in [2.05, 4.69) is 27.9 Å². The molecule has 0 aromatic heterocycles. The van der Waals surface area contributed by atoms with Crippen LogP contribution in [0.3, 0.4) is 0 Å². The number of halogens is 2. The minimum atomic E-state index is -3.44. The van der Waals surface area contributed by atoms with Crippen LogP contribution in [0.2, 0.25) is 5.02 Å². The summed E-state index contributed by atoms with van der Waals surface area (Å²) in [4.78, 5) is 12.6. The third-order valence-corrected chi connectivity index (χ3v) is 7.03. The molecule has 0 unspecified atom stereocenters. The maximum Gasteiger partial charge on any atom is 0.256 e. The summed E-state index contributed by atoms with van der Waals surface area (Å²) in [6.45, 7) is 1.13. The Bertz CT molecular complexity index is 895. The zero-order valence-corrected chi connectivity index (χ0v) is 16.9. The van der Waals surface area contributed by atoms with E-state index in [1.807, 2.05) is 0 Å². The number of hydrogen-bond acceptors (Lipinski definition) is 3. The van der Waals surface area contributed by atoms with E-state index in [0.29, 0.717) is 29.4 Å². The molecule has 132 valence electrons. The fourth-order valence-electron chi connectivity index (χ4n) is 2.66. The van der Waals surface area contributed by atoms with Gasteiger partial charge in [-0.25, -0.2) is 8.42 Å². The molecular weight excluding hydrogens is 475 g/mol. The Hall–Kier alpha value is -1.16. The molecule has 0 bridgehead atoms. The molecule has 1 amide bonds. The van der Waals surface area contributed by atoms with Crippen LogP contribution in [0.25, 0.3) is 0 Å². The average Bonchev–Trinajstić information content (AvgIpc) is 3.10. The van der Waals surface area contributed by atoms with Crippen LogP contribution in [0.1, 0.15) is 23.2 Å². The van der Waals surface area contributed by atoms with Crippen molar-refractivity contribution in [3.63, 3.8) is 0 Å². The zero-order valence-electron chi connectivity index (χ0n) is 13.2. The van der Waals surface area contributed by atoms with E-state index in [0.717, 1.165) is 16.4 Å². The average molecular weight is 491 g/mol. The number of carbonyl (C=O) groups excluding carboxylic acids is 1. The van der Waals surface area contributed by atoms with E-state index in [-0.39, 0.29) is 10.8 Å². The third kappa shape index (κ3) is 4.16. The molecule has 1 saturated heterocycles. The van der Waals surface area contributed by atoms with E-state index >= 15 is 0 Å². The van der Waals surface area contributed by atoms with Gasteiger partial charge >= 0.3 is 0 Å². The molecule has 0 spiro atoms. The number of anilines is 1. The minimum Gasteiger partial charge on any atom is -0.322 e. The van der Waals surface area contributed by atoms with Crippen molar-refractivity contribution < 1.29 is 13.2 Å². The summed E-state index contributed by atoms with van der Waals surface area (Å²) in [6.07, 6.45) is 1.79. The van der Waals surface area contributed by atoms with Crippen LogP contribution in [0.5, 0.6) is 0 Å². The Balaban J connectivity index is 1.75. The topological polar surface area (TPSA) is 66.5 Å². The van der Waals surface area contributed by atoms with Crippen LogP contribution in [-0.2, 0) is 10.0 Å². The highest BCUT2D eigenvalue weighted by Gasteiger charge is 2.26. The monoisotopic (exact) mass is 490 g/mol. The molecule has 1 aliphatic rings. The van der Waals surface area contributed by atoms with Crippen molar-refractivity contribution in [1.82, 2.24) is 4.31 Å². The lowest BCUT2D eigenvalue weighted by atomic mass is 10.2. The van der Waals surface area contributed by atoms with Crippen LogP contribution < -0.4 is 5.32 Å². The van der Waals surface area contributed by atoms with E-state index < -0.39 is 10.0 Å². The highest BCUT2D eigenvalue weighted by molar-refractivity contribution is 14.1. The first-order valence-corrected chi connectivity index (χ1v) is 10.6. The molecule has 2 aromatic rings. The van der Waals surface area contributed by atoms with Gasteiger partial charge in [0.15, 0.2) is 0 Å². The van der Waals surface area contributed by atoms with Crippen LogP contribution >= 0.6 is 34.2 Å². The molecule has 1 aliphatic heterocycles. The molecule has 3 rings (SSSR count). The maximum atomic E-state index is 12.5. The molecule has 0 atom stereocenters. The summed E-state index contributed by atoms with van der Waals surface area (Å²) in [5.41, 5.74) is 1.05. The number of rotatable bonds is 4. The molecule has 2 aromatic carbocycles. The normalized spacial score (nSPS) is 15.3. The van der Waals surface area contributed by atoms with Gasteiger partial charge in [0, 0.05) is 27.4 Å². The predicted molar refractivity (Wildman–Crippen MR) is 107 cm³/mol. The lowest BCUT2D eigenvalue weighted by Gasteiger charge is -2.15. The fourth-order valence-corrected chi connectivity index (χ4v) is 5.29. The van der Waals surface area contributed by atoms with Gasteiger partial charge in [0.05, 0.1) is 10.5 Å². The van der Waals surface area contributed by atoms with Gasteiger partial charge in [-0.05, 0) is 77.9 Å². The van der Waals surface area contributed by atoms with Crippen LogP contribution in [-0.4, -0.2) is 31.7 Å². The van der Waals surface area contributed by atoms with Crippen molar-refractivity contribution in [2.75, 3.05) is 18.4 Å². The minimum absolute atomic E-state index is 0.244. The summed E-state index contributed by atoms with van der Waals surface area (Å²) in [6, 6.07) is 11.3. The SMILES string of the molecule is O=C(Nc1ccc(S(=O)(=O)N2CCCC2)cc1)c1ccc(Cl)cc1I. The summed E-state index contributed by atoms with van der Waals surface area (Å²) in [5, 5.41) is 3.34. The first-order valence-electron chi connectivity index (χ1n) is 7.74.